The predicted molar refractivity (Wildman–Crippen MR) is 129 cm³/mol. The molecule has 0 saturated carbocycles. The van der Waals surface area contributed by atoms with Gasteiger partial charge >= 0.3 is 0 Å². The van der Waals surface area contributed by atoms with E-state index in [0.717, 1.165) is 8.95 Å². The van der Waals surface area contributed by atoms with Crippen LogP contribution in [0.5, 0.6) is 0 Å². The smallest absolute Gasteiger partial charge is 0.0372 e. The van der Waals surface area contributed by atoms with Gasteiger partial charge in [-0.15, -0.1) is 0 Å². The van der Waals surface area contributed by atoms with Gasteiger partial charge in [-0.25, -0.2) is 0 Å². The quantitative estimate of drug-likeness (QED) is 0.353. The Morgan fingerprint density at radius 3 is 1.50 bits per heavy atom. The first kappa shape index (κ1) is 20.9. The fraction of sp³-hybridized carbons (Fsp3) is 0.250. The summed E-state index contributed by atoms with van der Waals surface area (Å²) in [6.45, 7) is 2.19. The summed E-state index contributed by atoms with van der Waals surface area (Å²) in [5.74, 6) is 0.136. The van der Waals surface area contributed by atoms with Crippen molar-refractivity contribution in [2.45, 2.75) is 12.8 Å². The van der Waals surface area contributed by atoms with E-state index in [0.29, 0.717) is 0 Å². The monoisotopic (exact) mass is 500 g/mol. The van der Waals surface area contributed by atoms with Gasteiger partial charge in [-0.2, -0.15) is 0 Å². The van der Waals surface area contributed by atoms with Crippen molar-refractivity contribution < 1.29 is 0 Å². The van der Waals surface area contributed by atoms with E-state index in [2.05, 4.69) is 137 Å². The molecule has 0 N–H and O–H groups in total. The molecule has 2 nitrogen and oxygen atoms in total. The molecule has 0 heterocycles. The molecule has 3 rings (SSSR count). The molecule has 0 bridgehead atoms. The molecule has 0 aliphatic rings. The van der Waals surface area contributed by atoms with E-state index in [4.69, 9.17) is 0 Å². The number of rotatable bonds is 5. The largest absolute Gasteiger partial charge is 0.378 e. The van der Waals surface area contributed by atoms with Crippen molar-refractivity contribution in [2.75, 3.05) is 38.0 Å². The Kier molecular flexibility index (Phi) is 6.51. The van der Waals surface area contributed by atoms with Crippen LogP contribution in [0, 0.1) is 6.92 Å². The molecule has 0 unspecified atom stereocenters. The average Bonchev–Trinajstić information content (AvgIpc) is 2.65. The molecule has 0 spiro atoms. The minimum absolute atomic E-state index is 0.136. The van der Waals surface area contributed by atoms with Crippen LogP contribution in [0.2, 0.25) is 0 Å². The first-order chi connectivity index (χ1) is 13.3. The summed E-state index contributed by atoms with van der Waals surface area (Å²) in [6.07, 6.45) is 0. The second-order valence-electron chi connectivity index (χ2n) is 7.49. The normalized spacial score (nSPS) is 11.0. The summed E-state index contributed by atoms with van der Waals surface area (Å²) >= 11 is 7.69. The number of halogens is 2. The van der Waals surface area contributed by atoms with Gasteiger partial charge in [0.1, 0.15) is 0 Å². The summed E-state index contributed by atoms with van der Waals surface area (Å²) < 4.78 is 2.24. The van der Waals surface area contributed by atoms with Gasteiger partial charge in [0.25, 0.3) is 0 Å². The first-order valence-electron chi connectivity index (χ1n) is 9.28. The Morgan fingerprint density at radius 2 is 1.11 bits per heavy atom. The summed E-state index contributed by atoms with van der Waals surface area (Å²) in [6, 6.07) is 21.9. The van der Waals surface area contributed by atoms with E-state index in [1.165, 1.54) is 33.6 Å². The van der Waals surface area contributed by atoms with E-state index in [1.807, 2.05) is 0 Å². The lowest BCUT2D eigenvalue weighted by Crippen LogP contribution is -2.12. The van der Waals surface area contributed by atoms with Crippen LogP contribution in [-0.4, -0.2) is 28.2 Å². The molecule has 0 aliphatic heterocycles. The van der Waals surface area contributed by atoms with Crippen LogP contribution in [-0.2, 0) is 0 Å². The molecule has 28 heavy (non-hydrogen) atoms. The Bertz CT molecular complexity index is 923. The van der Waals surface area contributed by atoms with Gasteiger partial charge in [0.2, 0.25) is 0 Å². The number of anilines is 2. The second-order valence-corrected chi connectivity index (χ2v) is 9.20. The maximum absolute atomic E-state index is 3.85. The van der Waals surface area contributed by atoms with Crippen LogP contribution >= 0.6 is 31.9 Å². The van der Waals surface area contributed by atoms with Gasteiger partial charge in [0.15, 0.2) is 0 Å². The van der Waals surface area contributed by atoms with Gasteiger partial charge < -0.3 is 9.80 Å². The highest BCUT2D eigenvalue weighted by Gasteiger charge is 2.23. The van der Waals surface area contributed by atoms with Gasteiger partial charge in [-0.1, -0.05) is 68.3 Å². The molecular formula is C24H26Br2N2. The van der Waals surface area contributed by atoms with Crippen molar-refractivity contribution in [3.63, 3.8) is 0 Å². The highest BCUT2D eigenvalue weighted by molar-refractivity contribution is 9.10. The van der Waals surface area contributed by atoms with Crippen LogP contribution in [0.3, 0.4) is 0 Å². The van der Waals surface area contributed by atoms with Crippen LogP contribution in [0.25, 0.3) is 0 Å². The fourth-order valence-electron chi connectivity index (χ4n) is 3.47. The summed E-state index contributed by atoms with van der Waals surface area (Å²) in [7, 11) is 8.27. The van der Waals surface area contributed by atoms with E-state index in [9.17, 15) is 0 Å². The molecule has 0 amide bonds. The average molecular weight is 502 g/mol. The third-order valence-corrected chi connectivity index (χ3v) is 6.50. The Hall–Kier alpha value is -1.78. The molecule has 146 valence electrons. The highest BCUT2D eigenvalue weighted by atomic mass is 79.9. The zero-order chi connectivity index (χ0) is 20.4. The molecule has 3 aromatic carbocycles. The highest BCUT2D eigenvalue weighted by Crippen LogP contribution is 2.42. The lowest BCUT2D eigenvalue weighted by atomic mass is 9.83. The van der Waals surface area contributed by atoms with Crippen LogP contribution < -0.4 is 9.80 Å². The molecule has 0 saturated heterocycles. The van der Waals surface area contributed by atoms with Crippen molar-refractivity contribution in [3.8, 4) is 0 Å². The van der Waals surface area contributed by atoms with E-state index in [-0.39, 0.29) is 5.92 Å². The van der Waals surface area contributed by atoms with Crippen LogP contribution in [0.1, 0.15) is 28.2 Å². The van der Waals surface area contributed by atoms with Gasteiger partial charge in [0, 0.05) is 54.4 Å². The SMILES string of the molecule is Cc1ccccc1C(c1ccc(N(C)C)cc1Br)c1ccc(N(C)C)cc1Br. The number of nitrogens with zero attached hydrogens (tertiary/aromatic N) is 2. The standard InChI is InChI=1S/C24H26Br2N2/c1-16-8-6-7-9-19(16)24(20-12-10-17(27(2)3)14-22(20)25)21-13-11-18(28(4)5)15-23(21)26/h6-15,24H,1-5H3. The third-order valence-electron chi connectivity index (χ3n) is 5.12. The minimum Gasteiger partial charge on any atom is -0.378 e. The van der Waals surface area contributed by atoms with E-state index in [1.54, 1.807) is 0 Å². The number of benzene rings is 3. The first-order valence-corrected chi connectivity index (χ1v) is 10.9. The molecule has 0 fully saturated rings. The third kappa shape index (κ3) is 4.28. The fourth-order valence-corrected chi connectivity index (χ4v) is 4.66. The van der Waals surface area contributed by atoms with Gasteiger partial charge in [-0.05, 0) is 53.4 Å². The van der Waals surface area contributed by atoms with Crippen molar-refractivity contribution >= 4 is 43.2 Å². The van der Waals surface area contributed by atoms with Crippen molar-refractivity contribution in [3.05, 3.63) is 91.9 Å². The topological polar surface area (TPSA) is 6.48 Å². The van der Waals surface area contributed by atoms with Crippen LogP contribution in [0.4, 0.5) is 11.4 Å². The van der Waals surface area contributed by atoms with Crippen molar-refractivity contribution in [2.24, 2.45) is 0 Å². The van der Waals surface area contributed by atoms with Crippen LogP contribution in [0.15, 0.2) is 69.6 Å². The molecular weight excluding hydrogens is 476 g/mol. The number of hydrogen-bond donors (Lipinski definition) is 0. The van der Waals surface area contributed by atoms with Gasteiger partial charge in [0.05, 0.1) is 0 Å². The van der Waals surface area contributed by atoms with E-state index >= 15 is 0 Å². The lowest BCUT2D eigenvalue weighted by molar-refractivity contribution is 0.946. The molecule has 0 aliphatic carbocycles. The molecule has 0 radical (unpaired) electrons. The maximum atomic E-state index is 3.85. The number of aryl methyl sites for hydroxylation is 1. The second kappa shape index (κ2) is 8.71. The minimum atomic E-state index is 0.136. The molecule has 3 aromatic rings. The molecule has 0 atom stereocenters. The molecule has 0 aromatic heterocycles. The van der Waals surface area contributed by atoms with Gasteiger partial charge in [-0.3, -0.25) is 0 Å². The van der Waals surface area contributed by atoms with E-state index < -0.39 is 0 Å². The predicted octanol–water partition coefficient (Wildman–Crippen LogP) is 6.83. The van der Waals surface area contributed by atoms with Crippen molar-refractivity contribution in [1.82, 2.24) is 0 Å². The van der Waals surface area contributed by atoms with Crippen molar-refractivity contribution in [1.29, 1.82) is 0 Å². The zero-order valence-corrected chi connectivity index (χ0v) is 20.2. The Labute approximate surface area is 185 Å². The maximum Gasteiger partial charge on any atom is 0.0372 e. The summed E-state index contributed by atoms with van der Waals surface area (Å²) in [5.41, 5.74) is 7.50. The Morgan fingerprint density at radius 1 is 0.643 bits per heavy atom. The number of hydrogen-bond acceptors (Lipinski definition) is 2. The lowest BCUT2D eigenvalue weighted by Gasteiger charge is -2.25. The summed E-state index contributed by atoms with van der Waals surface area (Å²) in [5, 5.41) is 0. The zero-order valence-electron chi connectivity index (χ0n) is 17.0. The molecule has 4 heteroatoms. The Balaban J connectivity index is 2.22. The summed E-state index contributed by atoms with van der Waals surface area (Å²) in [4.78, 5) is 4.25.